The Balaban J connectivity index is 1.76. The molecule has 1 saturated heterocycles. The molecule has 5 nitrogen and oxygen atoms in total. The number of amides is 2. The summed E-state index contributed by atoms with van der Waals surface area (Å²) in [7, 11) is 1.79. The number of hydrogen-bond donors (Lipinski definition) is 1. The van der Waals surface area contributed by atoms with E-state index in [2.05, 4.69) is 40.5 Å². The van der Waals surface area contributed by atoms with Gasteiger partial charge >= 0.3 is 0 Å². The van der Waals surface area contributed by atoms with Crippen LogP contribution in [0.1, 0.15) is 25.8 Å². The van der Waals surface area contributed by atoms with E-state index in [9.17, 15) is 9.59 Å². The minimum atomic E-state index is -0.413. The Morgan fingerprint density at radius 1 is 1.23 bits per heavy atom. The molecule has 0 unspecified atom stereocenters. The van der Waals surface area contributed by atoms with Crippen LogP contribution in [0.2, 0.25) is 0 Å². The lowest BCUT2D eigenvalue weighted by atomic mass is 10.0. The minimum Gasteiger partial charge on any atom is -0.353 e. The van der Waals surface area contributed by atoms with Crippen molar-refractivity contribution in [1.29, 1.82) is 0 Å². The third-order valence-electron chi connectivity index (χ3n) is 5.18. The zero-order valence-corrected chi connectivity index (χ0v) is 15.7. The molecule has 26 heavy (non-hydrogen) atoms. The number of rotatable bonds is 5. The zero-order chi connectivity index (χ0) is 18.7. The second-order valence-electron chi connectivity index (χ2n) is 7.26. The third-order valence-corrected chi connectivity index (χ3v) is 5.18. The van der Waals surface area contributed by atoms with E-state index in [1.54, 1.807) is 11.9 Å². The summed E-state index contributed by atoms with van der Waals surface area (Å²) < 4.78 is 0. The fourth-order valence-electron chi connectivity index (χ4n) is 3.34. The van der Waals surface area contributed by atoms with Crippen LogP contribution in [-0.4, -0.2) is 53.8 Å². The van der Waals surface area contributed by atoms with Gasteiger partial charge in [0.1, 0.15) is 0 Å². The van der Waals surface area contributed by atoms with Crippen LogP contribution in [0.25, 0.3) is 10.8 Å². The van der Waals surface area contributed by atoms with Crippen LogP contribution in [-0.2, 0) is 16.1 Å². The van der Waals surface area contributed by atoms with Crippen LogP contribution >= 0.6 is 0 Å². The van der Waals surface area contributed by atoms with E-state index in [1.165, 1.54) is 10.8 Å². The van der Waals surface area contributed by atoms with Gasteiger partial charge in [-0.15, -0.1) is 0 Å². The Morgan fingerprint density at radius 2 is 1.96 bits per heavy atom. The second kappa shape index (κ2) is 7.87. The van der Waals surface area contributed by atoms with Crippen molar-refractivity contribution >= 4 is 22.6 Å². The molecule has 138 valence electrons. The summed E-state index contributed by atoms with van der Waals surface area (Å²) in [6.07, 6.45) is 0.216. The predicted octanol–water partition coefficient (Wildman–Crippen LogP) is 2.40. The lowest BCUT2D eigenvalue weighted by Crippen LogP contribution is -2.56. The first-order valence-corrected chi connectivity index (χ1v) is 9.21. The van der Waals surface area contributed by atoms with Gasteiger partial charge in [0.05, 0.1) is 12.5 Å². The van der Waals surface area contributed by atoms with Gasteiger partial charge in [-0.05, 0) is 36.2 Å². The molecule has 0 bridgehead atoms. The van der Waals surface area contributed by atoms with Gasteiger partial charge in [0.2, 0.25) is 11.8 Å². The van der Waals surface area contributed by atoms with Crippen molar-refractivity contribution in [2.75, 3.05) is 20.1 Å². The largest absolute Gasteiger partial charge is 0.353 e. The first-order valence-electron chi connectivity index (χ1n) is 9.21. The monoisotopic (exact) mass is 353 g/mol. The summed E-state index contributed by atoms with van der Waals surface area (Å²) in [4.78, 5) is 28.7. The first-order chi connectivity index (χ1) is 12.5. The van der Waals surface area contributed by atoms with Crippen molar-refractivity contribution in [2.24, 2.45) is 0 Å². The number of piperazine rings is 1. The lowest BCUT2D eigenvalue weighted by Gasteiger charge is -2.36. The molecule has 2 amide bonds. The quantitative estimate of drug-likeness (QED) is 0.898. The van der Waals surface area contributed by atoms with Crippen molar-refractivity contribution in [3.63, 3.8) is 0 Å². The summed E-state index contributed by atoms with van der Waals surface area (Å²) >= 11 is 0. The maximum absolute atomic E-state index is 12.5. The van der Waals surface area contributed by atoms with Crippen LogP contribution in [0.4, 0.5) is 0 Å². The molecule has 0 aliphatic carbocycles. The predicted molar refractivity (Wildman–Crippen MR) is 104 cm³/mol. The first kappa shape index (κ1) is 18.4. The third kappa shape index (κ3) is 4.05. The molecular weight excluding hydrogens is 326 g/mol. The van der Waals surface area contributed by atoms with Gasteiger partial charge < -0.3 is 10.2 Å². The Hall–Kier alpha value is -2.40. The Kier molecular flexibility index (Phi) is 5.57. The van der Waals surface area contributed by atoms with E-state index in [0.29, 0.717) is 13.1 Å². The summed E-state index contributed by atoms with van der Waals surface area (Å²) in [6, 6.07) is 14.4. The summed E-state index contributed by atoms with van der Waals surface area (Å²) in [5.41, 5.74) is 1.16. The molecule has 1 atom stereocenters. The number of nitrogens with zero attached hydrogens (tertiary/aromatic N) is 2. The molecule has 1 aliphatic rings. The van der Waals surface area contributed by atoms with E-state index in [0.717, 1.165) is 12.1 Å². The highest BCUT2D eigenvalue weighted by Crippen LogP contribution is 2.19. The summed E-state index contributed by atoms with van der Waals surface area (Å²) in [5, 5.41) is 5.30. The Morgan fingerprint density at radius 3 is 2.69 bits per heavy atom. The molecule has 0 saturated carbocycles. The van der Waals surface area contributed by atoms with Gasteiger partial charge in [0, 0.05) is 32.7 Å². The van der Waals surface area contributed by atoms with Crippen LogP contribution in [0.15, 0.2) is 42.5 Å². The molecule has 0 aromatic heterocycles. The normalized spacial score (nSPS) is 18.2. The van der Waals surface area contributed by atoms with Crippen LogP contribution in [0.3, 0.4) is 0 Å². The molecule has 1 fully saturated rings. The topological polar surface area (TPSA) is 52.7 Å². The summed E-state index contributed by atoms with van der Waals surface area (Å²) in [6.45, 7) is 6.00. The lowest BCUT2D eigenvalue weighted by molar-refractivity contribution is -0.139. The smallest absolute Gasteiger partial charge is 0.237 e. The van der Waals surface area contributed by atoms with Crippen molar-refractivity contribution in [1.82, 2.24) is 15.1 Å². The van der Waals surface area contributed by atoms with Crippen molar-refractivity contribution in [2.45, 2.75) is 38.9 Å². The molecule has 1 heterocycles. The fraction of sp³-hybridized carbons (Fsp3) is 0.429. The van der Waals surface area contributed by atoms with Gasteiger partial charge in [0.25, 0.3) is 0 Å². The molecular formula is C21H27N3O2. The molecule has 2 aromatic carbocycles. The van der Waals surface area contributed by atoms with Crippen molar-refractivity contribution in [3.8, 4) is 0 Å². The van der Waals surface area contributed by atoms with E-state index in [1.807, 2.05) is 26.0 Å². The number of carbonyl (C=O) groups is 2. The van der Waals surface area contributed by atoms with Crippen LogP contribution in [0.5, 0.6) is 0 Å². The maximum Gasteiger partial charge on any atom is 0.237 e. The van der Waals surface area contributed by atoms with Gasteiger partial charge in [-0.2, -0.15) is 0 Å². The SMILES string of the molecule is CC(C)N(C)C(=O)C[C@@H]1C(=O)NCCN1Cc1ccc2ccccc2c1. The standard InChI is InChI=1S/C21H27N3O2/c1-15(2)23(3)20(25)13-19-21(26)22-10-11-24(19)14-16-8-9-17-6-4-5-7-18(17)12-16/h4-9,12,15,19H,10-11,13-14H2,1-3H3,(H,22,26)/t19-/m1/s1. The number of benzene rings is 2. The number of nitrogens with one attached hydrogen (secondary N) is 1. The van der Waals surface area contributed by atoms with Gasteiger partial charge in [0.15, 0.2) is 0 Å². The van der Waals surface area contributed by atoms with Crippen molar-refractivity contribution < 1.29 is 9.59 Å². The number of carbonyl (C=O) groups excluding carboxylic acids is 2. The highest BCUT2D eigenvalue weighted by molar-refractivity contribution is 5.89. The molecule has 0 radical (unpaired) electrons. The Bertz CT molecular complexity index is 803. The molecule has 2 aromatic rings. The highest BCUT2D eigenvalue weighted by atomic mass is 16.2. The Labute approximate surface area is 155 Å². The number of fused-ring (bicyclic) bond motifs is 1. The van der Waals surface area contributed by atoms with Gasteiger partial charge in [-0.3, -0.25) is 14.5 Å². The van der Waals surface area contributed by atoms with Crippen LogP contribution < -0.4 is 5.32 Å². The molecule has 1 N–H and O–H groups in total. The van der Waals surface area contributed by atoms with E-state index in [-0.39, 0.29) is 24.3 Å². The van der Waals surface area contributed by atoms with Gasteiger partial charge in [-0.1, -0.05) is 36.4 Å². The van der Waals surface area contributed by atoms with Gasteiger partial charge in [-0.25, -0.2) is 0 Å². The van der Waals surface area contributed by atoms with E-state index < -0.39 is 6.04 Å². The zero-order valence-electron chi connectivity index (χ0n) is 15.7. The summed E-state index contributed by atoms with van der Waals surface area (Å²) in [5.74, 6) is -0.0480. The fourth-order valence-corrected chi connectivity index (χ4v) is 3.34. The average Bonchev–Trinajstić information content (AvgIpc) is 2.63. The van der Waals surface area contributed by atoms with Crippen molar-refractivity contribution in [3.05, 3.63) is 48.0 Å². The highest BCUT2D eigenvalue weighted by Gasteiger charge is 2.32. The molecule has 5 heteroatoms. The maximum atomic E-state index is 12.5. The average molecular weight is 353 g/mol. The van der Waals surface area contributed by atoms with E-state index in [4.69, 9.17) is 0 Å². The van der Waals surface area contributed by atoms with Crippen LogP contribution in [0, 0.1) is 0 Å². The molecule has 0 spiro atoms. The van der Waals surface area contributed by atoms with E-state index >= 15 is 0 Å². The minimum absolute atomic E-state index is 0.00515. The molecule has 3 rings (SSSR count). The number of hydrogen-bond acceptors (Lipinski definition) is 3. The second-order valence-corrected chi connectivity index (χ2v) is 7.26. The molecule has 1 aliphatic heterocycles.